The number of rotatable bonds is 2. The van der Waals surface area contributed by atoms with Gasteiger partial charge in [-0.2, -0.15) is 0 Å². The summed E-state index contributed by atoms with van der Waals surface area (Å²) in [6.07, 6.45) is 0. The van der Waals surface area contributed by atoms with Gasteiger partial charge in [-0.05, 0) is 36.8 Å². The number of urea groups is 1. The van der Waals surface area contributed by atoms with Gasteiger partial charge < -0.3 is 5.32 Å². The molecule has 2 aromatic rings. The largest absolute Gasteiger partial charge is 0.332 e. The Balaban J connectivity index is 1.90. The normalized spacial score (nSPS) is 16.8. The topological polar surface area (TPSA) is 44.7 Å². The number of aryl methyl sites for hydroxylation is 1. The quantitative estimate of drug-likeness (QED) is 0.882. The molecule has 0 unspecified atom stereocenters. The molecule has 5 heteroatoms. The van der Waals surface area contributed by atoms with Crippen molar-refractivity contribution in [3.05, 3.63) is 60.2 Å². The zero-order valence-corrected chi connectivity index (χ0v) is 14.0. The predicted octanol–water partition coefficient (Wildman–Crippen LogP) is 4.52. The Morgan fingerprint density at radius 1 is 1.22 bits per heavy atom. The highest BCUT2D eigenvalue weighted by Gasteiger charge is 2.27. The van der Waals surface area contributed by atoms with Crippen LogP contribution < -0.4 is 10.2 Å². The maximum atomic E-state index is 12.8. The highest BCUT2D eigenvalue weighted by atomic mass is 32.2. The van der Waals surface area contributed by atoms with Crippen molar-refractivity contribution in [3.63, 3.8) is 0 Å². The zero-order valence-electron chi connectivity index (χ0n) is 13.2. The molecule has 23 heavy (non-hydrogen) atoms. The fourth-order valence-electron chi connectivity index (χ4n) is 2.37. The van der Waals surface area contributed by atoms with Crippen LogP contribution in [0.25, 0.3) is 0 Å². The van der Waals surface area contributed by atoms with Gasteiger partial charge in [0.1, 0.15) is 0 Å². The first-order valence-corrected chi connectivity index (χ1v) is 8.45. The molecule has 3 rings (SSSR count). The van der Waals surface area contributed by atoms with E-state index in [1.807, 2.05) is 61.5 Å². The minimum Gasteiger partial charge on any atom is -0.307 e. The number of anilines is 2. The molecule has 1 atom stereocenters. The average molecular weight is 325 g/mol. The molecule has 0 aromatic heterocycles. The van der Waals surface area contributed by atoms with Crippen LogP contribution in [0.15, 0.2) is 59.6 Å². The van der Waals surface area contributed by atoms with Gasteiger partial charge in [-0.25, -0.2) is 9.69 Å². The fraction of sp³-hybridized carbons (Fsp3) is 0.222. The van der Waals surface area contributed by atoms with Crippen molar-refractivity contribution < 1.29 is 4.79 Å². The summed E-state index contributed by atoms with van der Waals surface area (Å²) in [5, 5.41) is 4.08. The molecule has 0 aliphatic carbocycles. The molecule has 1 aliphatic heterocycles. The van der Waals surface area contributed by atoms with E-state index in [4.69, 9.17) is 0 Å². The first-order valence-electron chi connectivity index (χ1n) is 7.57. The van der Waals surface area contributed by atoms with Gasteiger partial charge in [0.15, 0.2) is 5.17 Å². The molecule has 118 valence electrons. The number of carbonyl (C=O) groups excluding carboxylic acids is 1. The maximum absolute atomic E-state index is 12.8. The third-order valence-corrected chi connectivity index (χ3v) is 4.54. The molecule has 0 radical (unpaired) electrons. The van der Waals surface area contributed by atoms with Crippen molar-refractivity contribution >= 4 is 34.3 Å². The summed E-state index contributed by atoms with van der Waals surface area (Å²) in [7, 11) is 0. The number of nitrogens with one attached hydrogen (secondary N) is 1. The van der Waals surface area contributed by atoms with Gasteiger partial charge in [0.25, 0.3) is 0 Å². The predicted molar refractivity (Wildman–Crippen MR) is 98.5 cm³/mol. The molecule has 0 saturated carbocycles. The summed E-state index contributed by atoms with van der Waals surface area (Å²) in [4.78, 5) is 19.0. The van der Waals surface area contributed by atoms with E-state index in [1.165, 1.54) is 0 Å². The van der Waals surface area contributed by atoms with Crippen LogP contribution in [0, 0.1) is 6.92 Å². The minimum absolute atomic E-state index is 0.192. The lowest BCUT2D eigenvalue weighted by Gasteiger charge is -2.23. The molecule has 0 spiro atoms. The van der Waals surface area contributed by atoms with Crippen molar-refractivity contribution in [2.75, 3.05) is 16.8 Å². The molecular weight excluding hydrogens is 306 g/mol. The van der Waals surface area contributed by atoms with Crippen LogP contribution in [0.1, 0.15) is 12.5 Å². The second kappa shape index (κ2) is 6.87. The lowest BCUT2D eigenvalue weighted by Crippen LogP contribution is -2.38. The molecule has 2 aromatic carbocycles. The smallest absolute Gasteiger partial charge is 0.307 e. The van der Waals surface area contributed by atoms with E-state index in [1.54, 1.807) is 16.7 Å². The first-order chi connectivity index (χ1) is 11.1. The highest BCUT2D eigenvalue weighted by Crippen LogP contribution is 2.28. The van der Waals surface area contributed by atoms with Gasteiger partial charge in [-0.3, -0.25) is 4.99 Å². The van der Waals surface area contributed by atoms with Crippen LogP contribution >= 0.6 is 11.8 Å². The number of amides is 2. The van der Waals surface area contributed by atoms with Crippen molar-refractivity contribution in [2.24, 2.45) is 4.99 Å². The van der Waals surface area contributed by atoms with Crippen molar-refractivity contribution in [3.8, 4) is 0 Å². The van der Waals surface area contributed by atoms with Gasteiger partial charge in [0.2, 0.25) is 0 Å². The molecule has 4 nitrogen and oxygen atoms in total. The van der Waals surface area contributed by atoms with Gasteiger partial charge >= 0.3 is 6.03 Å². The van der Waals surface area contributed by atoms with E-state index in [-0.39, 0.29) is 6.03 Å². The molecule has 0 bridgehead atoms. The number of thioether (sulfide) groups is 1. The Kier molecular flexibility index (Phi) is 4.67. The van der Waals surface area contributed by atoms with E-state index in [0.717, 1.165) is 28.7 Å². The standard InChI is InChI=1S/C18H19N3OS/c1-13-7-6-10-16(11-13)21(18-19-12-14(2)23-18)17(22)20-15-8-4-3-5-9-15/h3-11,14H,12H2,1-2H3,(H,20,22)/t14-/m1/s1. The number of para-hydroxylation sites is 1. The van der Waals surface area contributed by atoms with Gasteiger partial charge in [-0.15, -0.1) is 0 Å². The monoisotopic (exact) mass is 325 g/mol. The average Bonchev–Trinajstić information content (AvgIpc) is 2.94. The highest BCUT2D eigenvalue weighted by molar-refractivity contribution is 8.15. The van der Waals surface area contributed by atoms with E-state index in [2.05, 4.69) is 17.2 Å². The van der Waals surface area contributed by atoms with Gasteiger partial charge in [0.05, 0.1) is 12.2 Å². The number of benzene rings is 2. The molecule has 0 saturated heterocycles. The van der Waals surface area contributed by atoms with E-state index < -0.39 is 0 Å². The number of amidine groups is 1. The second-order valence-electron chi connectivity index (χ2n) is 5.52. The van der Waals surface area contributed by atoms with Crippen LogP contribution in [0.3, 0.4) is 0 Å². The lowest BCUT2D eigenvalue weighted by molar-refractivity contribution is 0.259. The van der Waals surface area contributed by atoms with Crippen molar-refractivity contribution in [2.45, 2.75) is 19.1 Å². The summed E-state index contributed by atoms with van der Waals surface area (Å²) < 4.78 is 0. The first kappa shape index (κ1) is 15.6. The van der Waals surface area contributed by atoms with E-state index in [9.17, 15) is 4.79 Å². The van der Waals surface area contributed by atoms with Crippen LogP contribution in [-0.2, 0) is 0 Å². The lowest BCUT2D eigenvalue weighted by atomic mass is 10.2. The molecule has 1 aliphatic rings. The molecule has 1 heterocycles. The SMILES string of the molecule is Cc1cccc(N(C(=O)Nc2ccccc2)C2=NC[C@@H](C)S2)c1. The van der Waals surface area contributed by atoms with Crippen LogP contribution in [0.5, 0.6) is 0 Å². The number of hydrogen-bond acceptors (Lipinski definition) is 3. The number of nitrogens with zero attached hydrogens (tertiary/aromatic N) is 2. The van der Waals surface area contributed by atoms with Gasteiger partial charge in [0, 0.05) is 10.9 Å². The third-order valence-electron chi connectivity index (χ3n) is 3.47. The maximum Gasteiger partial charge on any atom is 0.332 e. The Morgan fingerprint density at radius 2 is 2.00 bits per heavy atom. The second-order valence-corrected chi connectivity index (χ2v) is 6.93. The van der Waals surface area contributed by atoms with E-state index in [0.29, 0.717) is 5.25 Å². The van der Waals surface area contributed by atoms with Crippen molar-refractivity contribution in [1.29, 1.82) is 0 Å². The molecule has 1 N–H and O–H groups in total. The van der Waals surface area contributed by atoms with E-state index >= 15 is 0 Å². The summed E-state index contributed by atoms with van der Waals surface area (Å²) in [5.41, 5.74) is 2.71. The minimum atomic E-state index is -0.192. The Morgan fingerprint density at radius 3 is 2.65 bits per heavy atom. The van der Waals surface area contributed by atoms with Crippen LogP contribution in [0.2, 0.25) is 0 Å². The van der Waals surface area contributed by atoms with Crippen LogP contribution in [-0.4, -0.2) is 23.0 Å². The molecule has 0 fully saturated rings. The number of aliphatic imine (C=N–C) groups is 1. The Bertz CT molecular complexity index is 730. The zero-order chi connectivity index (χ0) is 16.2. The fourth-order valence-corrected chi connectivity index (χ4v) is 3.32. The van der Waals surface area contributed by atoms with Gasteiger partial charge in [-0.1, -0.05) is 49.0 Å². The van der Waals surface area contributed by atoms with Crippen molar-refractivity contribution in [1.82, 2.24) is 0 Å². The summed E-state index contributed by atoms with van der Waals surface area (Å²) in [6, 6.07) is 17.2. The van der Waals surface area contributed by atoms with Crippen LogP contribution in [0.4, 0.5) is 16.2 Å². The summed E-state index contributed by atoms with van der Waals surface area (Å²) in [6.45, 7) is 4.87. The summed E-state index contributed by atoms with van der Waals surface area (Å²) in [5.74, 6) is 0. The third kappa shape index (κ3) is 3.74. The molecule has 2 amide bonds. The number of carbonyl (C=O) groups is 1. The molecular formula is C18H19N3OS. The summed E-state index contributed by atoms with van der Waals surface area (Å²) >= 11 is 1.63. The Labute approximate surface area is 140 Å². The number of hydrogen-bond donors (Lipinski definition) is 1. The Hall–Kier alpha value is -2.27.